The van der Waals surface area contributed by atoms with Crippen LogP contribution in [0.3, 0.4) is 0 Å². The van der Waals surface area contributed by atoms with Crippen LogP contribution in [0.15, 0.2) is 18.2 Å². The van der Waals surface area contributed by atoms with Crippen molar-refractivity contribution in [1.29, 1.82) is 5.26 Å². The lowest BCUT2D eigenvalue weighted by Crippen LogP contribution is -2.33. The first-order valence-electron chi connectivity index (χ1n) is 5.66. The van der Waals surface area contributed by atoms with Crippen LogP contribution in [0.2, 0.25) is 0 Å². The van der Waals surface area contributed by atoms with Gasteiger partial charge in [-0.25, -0.2) is 0 Å². The minimum absolute atomic E-state index is 0.508. The van der Waals surface area contributed by atoms with E-state index < -0.39 is 0 Å². The number of benzene rings is 1. The Balaban J connectivity index is 2.31. The summed E-state index contributed by atoms with van der Waals surface area (Å²) >= 11 is 0. The highest BCUT2D eigenvalue weighted by atomic mass is 15.2. The van der Waals surface area contributed by atoms with Gasteiger partial charge in [-0.1, -0.05) is 6.07 Å². The lowest BCUT2D eigenvalue weighted by Gasteiger charge is -2.27. The Hall–Kier alpha value is -1.53. The third kappa shape index (κ3) is 2.02. The quantitative estimate of drug-likeness (QED) is 0.815. The third-order valence-electron chi connectivity index (χ3n) is 3.24. The van der Waals surface area contributed by atoms with E-state index in [2.05, 4.69) is 36.3 Å². The summed E-state index contributed by atoms with van der Waals surface area (Å²) in [7, 11) is 2.08. The van der Waals surface area contributed by atoms with Gasteiger partial charge in [-0.15, -0.1) is 0 Å². The summed E-state index contributed by atoms with van der Waals surface area (Å²) in [5.74, 6) is 0. The molecule has 1 heterocycles. The third-order valence-corrected chi connectivity index (χ3v) is 3.24. The average molecular weight is 215 g/mol. The molecule has 2 rings (SSSR count). The van der Waals surface area contributed by atoms with E-state index in [1.54, 1.807) is 0 Å². The molecule has 0 bridgehead atoms. The van der Waals surface area contributed by atoms with Gasteiger partial charge in [0.1, 0.15) is 6.07 Å². The van der Waals surface area contributed by atoms with Crippen molar-refractivity contribution in [2.45, 2.75) is 19.4 Å². The second-order valence-corrected chi connectivity index (χ2v) is 4.39. The van der Waals surface area contributed by atoms with Gasteiger partial charge < -0.3 is 10.2 Å². The lowest BCUT2D eigenvalue weighted by atomic mass is 10.1. The molecule has 1 fully saturated rings. The number of rotatable bonds is 2. The van der Waals surface area contributed by atoms with E-state index in [9.17, 15) is 0 Å². The molecule has 0 amide bonds. The van der Waals surface area contributed by atoms with E-state index in [0.29, 0.717) is 6.04 Å². The highest BCUT2D eigenvalue weighted by Crippen LogP contribution is 2.24. The summed E-state index contributed by atoms with van der Waals surface area (Å²) in [6.45, 7) is 4.14. The van der Waals surface area contributed by atoms with E-state index in [-0.39, 0.29) is 0 Å². The fraction of sp³-hybridized carbons (Fsp3) is 0.462. The van der Waals surface area contributed by atoms with Crippen LogP contribution in [0.1, 0.15) is 17.5 Å². The van der Waals surface area contributed by atoms with Crippen LogP contribution in [0.25, 0.3) is 0 Å². The average Bonchev–Trinajstić information content (AvgIpc) is 2.81. The molecule has 1 aliphatic heterocycles. The normalized spacial score (nSPS) is 19.4. The Morgan fingerprint density at radius 1 is 1.50 bits per heavy atom. The first kappa shape index (κ1) is 11.0. The number of hydrogen-bond donors (Lipinski definition) is 1. The van der Waals surface area contributed by atoms with E-state index in [0.717, 1.165) is 30.8 Å². The Bertz CT molecular complexity index is 414. The lowest BCUT2D eigenvalue weighted by molar-refractivity contribution is 0.685. The van der Waals surface area contributed by atoms with Crippen molar-refractivity contribution < 1.29 is 0 Å². The molecule has 0 aliphatic carbocycles. The molecule has 84 valence electrons. The van der Waals surface area contributed by atoms with Gasteiger partial charge in [0.25, 0.3) is 0 Å². The highest BCUT2D eigenvalue weighted by molar-refractivity contribution is 5.61. The topological polar surface area (TPSA) is 39.1 Å². The van der Waals surface area contributed by atoms with Crippen molar-refractivity contribution in [3.05, 3.63) is 29.3 Å². The summed E-state index contributed by atoms with van der Waals surface area (Å²) in [4.78, 5) is 2.23. The van der Waals surface area contributed by atoms with Gasteiger partial charge in [-0.2, -0.15) is 5.26 Å². The van der Waals surface area contributed by atoms with Gasteiger partial charge in [0.05, 0.1) is 11.3 Å². The van der Waals surface area contributed by atoms with Gasteiger partial charge in [0, 0.05) is 19.6 Å². The van der Waals surface area contributed by atoms with Crippen LogP contribution in [0.4, 0.5) is 5.69 Å². The van der Waals surface area contributed by atoms with Crippen LogP contribution in [-0.2, 0) is 0 Å². The minimum Gasteiger partial charge on any atom is -0.369 e. The fourth-order valence-electron chi connectivity index (χ4n) is 2.19. The monoisotopic (exact) mass is 215 g/mol. The van der Waals surface area contributed by atoms with Crippen molar-refractivity contribution in [3.63, 3.8) is 0 Å². The molecule has 0 radical (unpaired) electrons. The molecule has 1 aromatic rings. The molecule has 0 spiro atoms. The molecule has 16 heavy (non-hydrogen) atoms. The number of aryl methyl sites for hydroxylation is 1. The minimum atomic E-state index is 0.508. The van der Waals surface area contributed by atoms with E-state index >= 15 is 0 Å². The molecule has 3 heteroatoms. The largest absolute Gasteiger partial charge is 0.369 e. The van der Waals surface area contributed by atoms with E-state index in [1.165, 1.54) is 5.56 Å². The second kappa shape index (κ2) is 4.54. The predicted molar refractivity (Wildman–Crippen MR) is 65.6 cm³/mol. The first-order chi connectivity index (χ1) is 7.72. The molecular formula is C13H17N3. The molecule has 0 saturated carbocycles. The Labute approximate surface area is 96.7 Å². The smallest absolute Gasteiger partial charge is 0.101 e. The Morgan fingerprint density at radius 3 is 2.94 bits per heavy atom. The summed E-state index contributed by atoms with van der Waals surface area (Å²) < 4.78 is 0. The number of anilines is 1. The van der Waals surface area contributed by atoms with Crippen LogP contribution in [-0.4, -0.2) is 26.2 Å². The summed E-state index contributed by atoms with van der Waals surface area (Å²) in [5.41, 5.74) is 3.02. The van der Waals surface area contributed by atoms with Gasteiger partial charge in [-0.05, 0) is 37.6 Å². The number of hydrogen-bond acceptors (Lipinski definition) is 3. The van der Waals surface area contributed by atoms with Crippen molar-refractivity contribution >= 4 is 5.69 Å². The number of nitriles is 1. The summed E-state index contributed by atoms with van der Waals surface area (Å²) in [6.07, 6.45) is 1.15. The molecule has 3 nitrogen and oxygen atoms in total. The fourth-order valence-corrected chi connectivity index (χ4v) is 2.19. The van der Waals surface area contributed by atoms with Gasteiger partial charge >= 0.3 is 0 Å². The van der Waals surface area contributed by atoms with Gasteiger partial charge in [-0.3, -0.25) is 0 Å². The van der Waals surface area contributed by atoms with Gasteiger partial charge in [0.15, 0.2) is 0 Å². The zero-order valence-corrected chi connectivity index (χ0v) is 9.83. The van der Waals surface area contributed by atoms with E-state index in [1.807, 2.05) is 12.1 Å². The zero-order chi connectivity index (χ0) is 11.5. The Kier molecular flexibility index (Phi) is 3.12. The van der Waals surface area contributed by atoms with Crippen LogP contribution >= 0.6 is 0 Å². The predicted octanol–water partition coefficient (Wildman–Crippen LogP) is 1.66. The van der Waals surface area contributed by atoms with Crippen molar-refractivity contribution in [2.75, 3.05) is 25.0 Å². The molecule has 0 aromatic heterocycles. The maximum Gasteiger partial charge on any atom is 0.101 e. The first-order valence-corrected chi connectivity index (χ1v) is 5.66. The highest BCUT2D eigenvalue weighted by Gasteiger charge is 2.21. The summed E-state index contributed by atoms with van der Waals surface area (Å²) in [6, 6.07) is 8.76. The molecule has 1 aliphatic rings. The number of nitrogens with zero attached hydrogens (tertiary/aromatic N) is 2. The van der Waals surface area contributed by atoms with Crippen LogP contribution < -0.4 is 10.2 Å². The molecular weight excluding hydrogens is 198 g/mol. The Morgan fingerprint density at radius 2 is 2.31 bits per heavy atom. The SMILES string of the molecule is Cc1ccc(C#N)c(N(C)C2CCNC2)c1. The molecule has 1 aromatic carbocycles. The second-order valence-electron chi connectivity index (χ2n) is 4.39. The standard InChI is InChI=1S/C13H17N3/c1-10-3-4-11(8-14)13(7-10)16(2)12-5-6-15-9-12/h3-4,7,12,15H,5-6,9H2,1-2H3. The van der Waals surface area contributed by atoms with Crippen molar-refractivity contribution in [3.8, 4) is 6.07 Å². The number of nitrogens with one attached hydrogen (secondary N) is 1. The zero-order valence-electron chi connectivity index (χ0n) is 9.83. The molecule has 1 unspecified atom stereocenters. The van der Waals surface area contributed by atoms with Gasteiger partial charge in [0.2, 0.25) is 0 Å². The van der Waals surface area contributed by atoms with E-state index in [4.69, 9.17) is 5.26 Å². The number of likely N-dealkylation sites (N-methyl/N-ethyl adjacent to an activating group) is 1. The maximum atomic E-state index is 9.11. The molecule has 1 saturated heterocycles. The van der Waals surface area contributed by atoms with Crippen LogP contribution in [0, 0.1) is 18.3 Å². The van der Waals surface area contributed by atoms with Crippen LogP contribution in [0.5, 0.6) is 0 Å². The summed E-state index contributed by atoms with van der Waals surface area (Å²) in [5, 5.41) is 12.5. The molecule has 1 atom stereocenters. The molecule has 1 N–H and O–H groups in total. The van der Waals surface area contributed by atoms with Crippen molar-refractivity contribution in [2.24, 2.45) is 0 Å². The maximum absolute atomic E-state index is 9.11. The van der Waals surface area contributed by atoms with Crippen molar-refractivity contribution in [1.82, 2.24) is 5.32 Å².